The molecule has 4 heterocycles. The number of tetrazole rings is 2. The Kier molecular flexibility index (Phi) is 8.16. The summed E-state index contributed by atoms with van der Waals surface area (Å²) in [4.78, 5) is 34.4. The molecule has 0 aliphatic carbocycles. The van der Waals surface area contributed by atoms with Crippen LogP contribution in [0.4, 0.5) is 8.78 Å². The largest absolute Gasteiger partial charge is 0.494 e. The van der Waals surface area contributed by atoms with Gasteiger partial charge in [0.1, 0.15) is 34.3 Å². The van der Waals surface area contributed by atoms with E-state index in [2.05, 4.69) is 41.2 Å². The Morgan fingerprint density at radius 2 is 1.09 bits per heavy atom. The van der Waals surface area contributed by atoms with Crippen molar-refractivity contribution in [2.24, 2.45) is 11.5 Å². The minimum atomic E-state index is -0.760. The number of aryl methyl sites for hydroxylation is 2. The smallest absolute Gasteiger partial charge is 0.252 e. The van der Waals surface area contributed by atoms with Gasteiger partial charge in [-0.05, 0) is 46.8 Å². The highest BCUT2D eigenvalue weighted by molar-refractivity contribution is 6.03. The molecule has 0 aliphatic rings. The number of amides is 2. The highest BCUT2D eigenvalue weighted by Crippen LogP contribution is 2.40. The van der Waals surface area contributed by atoms with Crippen molar-refractivity contribution in [1.82, 2.24) is 60.4 Å². The zero-order valence-corrected chi connectivity index (χ0v) is 28.2. The summed E-state index contributed by atoms with van der Waals surface area (Å²) in [5.74, 6) is -2.26. The van der Waals surface area contributed by atoms with E-state index in [1.165, 1.54) is 50.6 Å². The number of fused-ring (bicyclic) bond motifs is 2. The van der Waals surface area contributed by atoms with Crippen LogP contribution in [0.1, 0.15) is 20.7 Å². The number of nitrogens with one attached hydrogen (secondary N) is 2. The van der Waals surface area contributed by atoms with Gasteiger partial charge in [-0.2, -0.15) is 10.4 Å². The predicted octanol–water partition coefficient (Wildman–Crippen LogP) is 3.27. The molecule has 54 heavy (non-hydrogen) atoms. The SMILES string of the molecule is COc1c(C(N)=O)ccc2c1nc(-c1c(F)cccc1-c1nn[nH]n1)n2CCn1c(-c2c(F)cccc2-c2nn[nH]n2)nc2c(OC)c(C(N)=O)ccc21. The molecular formula is C34H26F2N14O4. The van der Waals surface area contributed by atoms with Gasteiger partial charge in [0.2, 0.25) is 11.6 Å². The van der Waals surface area contributed by atoms with Gasteiger partial charge in [-0.1, -0.05) is 24.3 Å². The second-order valence-corrected chi connectivity index (χ2v) is 11.7. The van der Waals surface area contributed by atoms with E-state index in [1.807, 2.05) is 0 Å². The first-order valence-corrected chi connectivity index (χ1v) is 16.0. The molecule has 0 saturated heterocycles. The summed E-state index contributed by atoms with van der Waals surface area (Å²) in [6.07, 6.45) is 0. The number of hydrogen-bond donors (Lipinski definition) is 4. The Bertz CT molecular complexity index is 2560. The van der Waals surface area contributed by atoms with Gasteiger partial charge in [-0.15, -0.1) is 20.4 Å². The summed E-state index contributed by atoms with van der Waals surface area (Å²) < 4.78 is 46.8. The standard InChI is InChI=1S/C34H26F2N14O4/c1-53-27-17(29(37)51)9-11-21-25(27)39-33(23-15(5-3-7-19(23)35)31-41-45-46-42-31)49(21)13-14-50-22-12-10-18(30(38)52)28(54-2)26(22)40-34(50)24-16(6-4-8-20(24)36)32-43-47-48-44-32/h3-12H,13-14H2,1-2H3,(H2,37,51)(H2,38,52)(H,41,42,45,46)(H,43,44,47,48). The Morgan fingerprint density at radius 3 is 1.44 bits per heavy atom. The summed E-state index contributed by atoms with van der Waals surface area (Å²) in [7, 11) is 2.72. The number of nitrogens with two attached hydrogens (primary N) is 2. The van der Waals surface area contributed by atoms with E-state index < -0.39 is 23.4 Å². The zero-order chi connectivity index (χ0) is 37.7. The van der Waals surface area contributed by atoms with E-state index in [-0.39, 0.29) is 92.3 Å². The summed E-state index contributed by atoms with van der Waals surface area (Å²) >= 11 is 0. The van der Waals surface area contributed by atoms with Crippen molar-refractivity contribution in [3.05, 3.63) is 83.4 Å². The first kappa shape index (κ1) is 33.5. The molecule has 270 valence electrons. The van der Waals surface area contributed by atoms with Gasteiger partial charge < -0.3 is 30.1 Å². The second kappa shape index (κ2) is 13.2. The molecule has 8 aromatic rings. The van der Waals surface area contributed by atoms with E-state index in [1.54, 1.807) is 33.4 Å². The molecule has 18 nitrogen and oxygen atoms in total. The molecule has 4 aromatic heterocycles. The molecule has 2 amide bonds. The number of rotatable bonds is 11. The Hall–Kier alpha value is -7.64. The highest BCUT2D eigenvalue weighted by atomic mass is 19.1. The van der Waals surface area contributed by atoms with Crippen LogP contribution in [0, 0.1) is 11.6 Å². The summed E-state index contributed by atoms with van der Waals surface area (Å²) in [6.45, 7) is 0.0739. The number of imidazole rings is 2. The Labute approximate surface area is 301 Å². The molecule has 0 spiro atoms. The van der Waals surface area contributed by atoms with E-state index in [9.17, 15) is 9.59 Å². The number of nitrogens with zero attached hydrogens (tertiary/aromatic N) is 10. The molecule has 0 radical (unpaired) electrons. The zero-order valence-electron chi connectivity index (χ0n) is 28.2. The number of hydrogen-bond acceptors (Lipinski definition) is 12. The maximum atomic E-state index is 16.1. The van der Waals surface area contributed by atoms with Gasteiger partial charge in [-0.3, -0.25) is 9.59 Å². The lowest BCUT2D eigenvalue weighted by atomic mass is 10.1. The number of benzene rings is 4. The number of methoxy groups -OCH3 is 2. The van der Waals surface area contributed by atoms with E-state index in [0.717, 1.165) is 0 Å². The van der Waals surface area contributed by atoms with Crippen molar-refractivity contribution in [3.8, 4) is 57.1 Å². The summed E-state index contributed by atoms with van der Waals surface area (Å²) in [5, 5.41) is 28.3. The van der Waals surface area contributed by atoms with Gasteiger partial charge in [-0.25, -0.2) is 18.7 Å². The highest BCUT2D eigenvalue weighted by Gasteiger charge is 2.28. The van der Waals surface area contributed by atoms with Crippen LogP contribution < -0.4 is 20.9 Å². The van der Waals surface area contributed by atoms with Gasteiger partial charge in [0.15, 0.2) is 11.5 Å². The summed E-state index contributed by atoms with van der Waals surface area (Å²) in [5.41, 5.74) is 13.3. The maximum absolute atomic E-state index is 16.1. The fraction of sp³-hybridized carbons (Fsp3) is 0.118. The van der Waals surface area contributed by atoms with Crippen LogP contribution >= 0.6 is 0 Å². The van der Waals surface area contributed by atoms with Crippen molar-refractivity contribution < 1.29 is 27.8 Å². The topological polar surface area (TPSA) is 249 Å². The Morgan fingerprint density at radius 1 is 0.667 bits per heavy atom. The van der Waals surface area contributed by atoms with Gasteiger partial charge >= 0.3 is 0 Å². The number of carbonyl (C=O) groups excluding carboxylic acids is 2. The van der Waals surface area contributed by atoms with Crippen molar-refractivity contribution in [2.45, 2.75) is 13.1 Å². The first-order chi connectivity index (χ1) is 26.2. The van der Waals surface area contributed by atoms with Crippen LogP contribution in [0.5, 0.6) is 11.5 Å². The monoisotopic (exact) mass is 732 g/mol. The normalized spacial score (nSPS) is 11.4. The quantitative estimate of drug-likeness (QED) is 0.150. The lowest BCUT2D eigenvalue weighted by molar-refractivity contribution is 0.0989. The van der Waals surface area contributed by atoms with Gasteiger partial charge in [0, 0.05) is 24.2 Å². The number of aromatic amines is 2. The van der Waals surface area contributed by atoms with Crippen LogP contribution in [-0.4, -0.2) is 86.4 Å². The van der Waals surface area contributed by atoms with Crippen LogP contribution in [0.25, 0.3) is 67.6 Å². The van der Waals surface area contributed by atoms with Crippen molar-refractivity contribution in [1.29, 1.82) is 0 Å². The minimum Gasteiger partial charge on any atom is -0.494 e. The molecule has 0 bridgehead atoms. The average molecular weight is 733 g/mol. The number of carbonyl (C=O) groups is 2. The van der Waals surface area contributed by atoms with Gasteiger partial charge in [0.25, 0.3) is 11.8 Å². The van der Waals surface area contributed by atoms with Crippen LogP contribution in [0.15, 0.2) is 60.7 Å². The predicted molar refractivity (Wildman–Crippen MR) is 187 cm³/mol. The molecule has 0 atom stereocenters. The first-order valence-electron chi connectivity index (χ1n) is 16.0. The number of primary amides is 2. The Balaban J connectivity index is 1.39. The fourth-order valence-electron chi connectivity index (χ4n) is 6.60. The average Bonchev–Trinajstić information content (AvgIpc) is 4.00. The third-order valence-electron chi connectivity index (χ3n) is 8.88. The molecule has 0 unspecified atom stereocenters. The van der Waals surface area contributed by atoms with Crippen LogP contribution in [-0.2, 0) is 13.1 Å². The lowest BCUT2D eigenvalue weighted by Gasteiger charge is -2.16. The number of aromatic nitrogens is 12. The van der Waals surface area contributed by atoms with Crippen LogP contribution in [0.3, 0.4) is 0 Å². The van der Waals surface area contributed by atoms with Gasteiger partial charge in [0.05, 0.1) is 47.5 Å². The van der Waals surface area contributed by atoms with E-state index in [4.69, 9.17) is 30.9 Å². The molecule has 6 N–H and O–H groups in total. The third-order valence-corrected chi connectivity index (χ3v) is 8.88. The minimum absolute atomic E-state index is 0.0229. The maximum Gasteiger partial charge on any atom is 0.252 e. The molecule has 4 aromatic carbocycles. The molecule has 0 fully saturated rings. The van der Waals surface area contributed by atoms with Crippen LogP contribution in [0.2, 0.25) is 0 Å². The third kappa shape index (κ3) is 5.31. The molecular weight excluding hydrogens is 706 g/mol. The molecule has 0 saturated carbocycles. The van der Waals surface area contributed by atoms with Crippen molar-refractivity contribution in [2.75, 3.05) is 14.2 Å². The molecule has 8 rings (SSSR count). The molecule has 20 heteroatoms. The fourth-order valence-corrected chi connectivity index (χ4v) is 6.60. The van der Waals surface area contributed by atoms with E-state index in [0.29, 0.717) is 11.0 Å². The molecule has 0 aliphatic heterocycles. The van der Waals surface area contributed by atoms with Crippen molar-refractivity contribution in [3.63, 3.8) is 0 Å². The number of ether oxygens (including phenoxy) is 2. The number of H-pyrrole nitrogens is 2. The van der Waals surface area contributed by atoms with Crippen molar-refractivity contribution >= 4 is 33.9 Å². The lowest BCUT2D eigenvalue weighted by Crippen LogP contribution is -2.13. The summed E-state index contributed by atoms with van der Waals surface area (Å²) in [6, 6.07) is 14.9. The van der Waals surface area contributed by atoms with E-state index >= 15 is 8.78 Å². The second-order valence-electron chi connectivity index (χ2n) is 11.7. The number of halogens is 2.